The maximum Gasteiger partial charge on any atom is 0.254 e. The Labute approximate surface area is 169 Å². The highest BCUT2D eigenvalue weighted by Gasteiger charge is 2.30. The number of nitrogens with one attached hydrogen (secondary N) is 1. The van der Waals surface area contributed by atoms with E-state index < -0.39 is 6.04 Å². The van der Waals surface area contributed by atoms with Gasteiger partial charge in [0.05, 0.1) is 6.26 Å². The van der Waals surface area contributed by atoms with Crippen LogP contribution < -0.4 is 10.2 Å². The Bertz CT molecular complexity index is 1010. The molecule has 5 nitrogen and oxygen atoms in total. The molecule has 0 aliphatic carbocycles. The minimum atomic E-state index is -0.767. The Morgan fingerprint density at radius 3 is 2.59 bits per heavy atom. The second-order valence-electron chi connectivity index (χ2n) is 6.92. The van der Waals surface area contributed by atoms with E-state index in [9.17, 15) is 9.59 Å². The van der Waals surface area contributed by atoms with E-state index in [0.717, 1.165) is 29.7 Å². The summed E-state index contributed by atoms with van der Waals surface area (Å²) < 4.78 is 5.21. The molecule has 29 heavy (non-hydrogen) atoms. The average molecular weight is 386 g/mol. The Balaban J connectivity index is 1.60. The first-order valence-corrected chi connectivity index (χ1v) is 9.69. The number of aryl methyl sites for hydroxylation is 1. The van der Waals surface area contributed by atoms with Gasteiger partial charge in [-0.25, -0.2) is 0 Å². The minimum absolute atomic E-state index is 0.136. The van der Waals surface area contributed by atoms with E-state index in [1.807, 2.05) is 48.5 Å². The summed E-state index contributed by atoms with van der Waals surface area (Å²) >= 11 is 0. The number of carbonyl (C=O) groups is 2. The van der Waals surface area contributed by atoms with Crippen LogP contribution in [0.4, 0.5) is 5.69 Å². The maximum absolute atomic E-state index is 13.5. The summed E-state index contributed by atoms with van der Waals surface area (Å²) in [6, 6.07) is 20.0. The Morgan fingerprint density at radius 2 is 1.79 bits per heavy atom. The molecule has 1 atom stereocenters. The van der Waals surface area contributed by atoms with Crippen molar-refractivity contribution in [2.45, 2.75) is 18.9 Å². The molecule has 1 aromatic heterocycles. The average Bonchev–Trinajstić information content (AvgIpc) is 3.29. The smallest absolute Gasteiger partial charge is 0.254 e. The largest absolute Gasteiger partial charge is 0.465 e. The fourth-order valence-corrected chi connectivity index (χ4v) is 3.59. The molecule has 1 aliphatic rings. The molecule has 0 saturated carbocycles. The van der Waals surface area contributed by atoms with Crippen molar-refractivity contribution in [3.05, 3.63) is 96.0 Å². The Kier molecular flexibility index (Phi) is 5.56. The van der Waals surface area contributed by atoms with Crippen LogP contribution in [-0.2, 0) is 16.0 Å². The molecule has 0 saturated heterocycles. The third-order valence-corrected chi connectivity index (χ3v) is 4.98. The predicted molar refractivity (Wildman–Crippen MR) is 112 cm³/mol. The molecule has 1 aliphatic heterocycles. The van der Waals surface area contributed by atoms with Gasteiger partial charge in [0.2, 0.25) is 5.91 Å². The van der Waals surface area contributed by atoms with E-state index in [1.54, 1.807) is 29.4 Å². The van der Waals surface area contributed by atoms with Crippen molar-refractivity contribution < 1.29 is 14.0 Å². The third kappa shape index (κ3) is 4.29. The molecule has 1 N–H and O–H groups in total. The number of rotatable bonds is 5. The van der Waals surface area contributed by atoms with Crippen molar-refractivity contribution in [3.63, 3.8) is 0 Å². The molecule has 2 heterocycles. The summed E-state index contributed by atoms with van der Waals surface area (Å²) in [7, 11) is 0. The molecule has 1 unspecified atom stereocenters. The van der Waals surface area contributed by atoms with E-state index in [-0.39, 0.29) is 11.8 Å². The lowest BCUT2D eigenvalue weighted by molar-refractivity contribution is -0.125. The molecule has 0 fully saturated rings. The van der Waals surface area contributed by atoms with Crippen LogP contribution >= 0.6 is 0 Å². The van der Waals surface area contributed by atoms with Crippen LogP contribution in [0.15, 0.2) is 83.5 Å². The van der Waals surface area contributed by atoms with Gasteiger partial charge in [0.1, 0.15) is 11.8 Å². The number of furan rings is 1. The van der Waals surface area contributed by atoms with E-state index in [0.29, 0.717) is 12.3 Å². The van der Waals surface area contributed by atoms with Crippen molar-refractivity contribution in [2.75, 3.05) is 11.4 Å². The van der Waals surface area contributed by atoms with Gasteiger partial charge in [0.15, 0.2) is 0 Å². The SMILES string of the molecule is O=C(/C=C/c1ccco1)NC(C(=O)N1CCCc2ccccc21)c1ccccc1. The van der Waals surface area contributed by atoms with Crippen LogP contribution in [-0.4, -0.2) is 18.4 Å². The van der Waals surface area contributed by atoms with Crippen LogP contribution in [0, 0.1) is 0 Å². The van der Waals surface area contributed by atoms with Crippen molar-refractivity contribution >= 4 is 23.6 Å². The van der Waals surface area contributed by atoms with Crippen LogP contribution in [0.1, 0.15) is 29.3 Å². The van der Waals surface area contributed by atoms with Crippen LogP contribution in [0.25, 0.3) is 6.08 Å². The number of para-hydroxylation sites is 1. The van der Waals surface area contributed by atoms with Gasteiger partial charge in [0, 0.05) is 18.3 Å². The number of anilines is 1. The predicted octanol–water partition coefficient (Wildman–Crippen LogP) is 4.13. The van der Waals surface area contributed by atoms with Gasteiger partial charge in [-0.15, -0.1) is 0 Å². The van der Waals surface area contributed by atoms with Crippen LogP contribution in [0.3, 0.4) is 0 Å². The molecular weight excluding hydrogens is 364 g/mol. The number of carbonyl (C=O) groups excluding carboxylic acids is 2. The first kappa shape index (κ1) is 18.7. The second-order valence-corrected chi connectivity index (χ2v) is 6.92. The standard InChI is InChI=1S/C24H22N2O3/c27-22(15-14-20-12-7-17-29-20)25-23(19-9-2-1-3-10-19)24(28)26-16-6-11-18-8-4-5-13-21(18)26/h1-5,7-10,12-15,17,23H,6,11,16H2,(H,25,27)/b15-14+. The number of benzene rings is 2. The summed E-state index contributed by atoms with van der Waals surface area (Å²) in [5, 5.41) is 2.87. The zero-order chi connectivity index (χ0) is 20.1. The van der Waals surface area contributed by atoms with Crippen molar-refractivity contribution in [2.24, 2.45) is 0 Å². The van der Waals surface area contributed by atoms with E-state index >= 15 is 0 Å². The lowest BCUT2D eigenvalue weighted by atomic mass is 9.99. The number of nitrogens with zero attached hydrogens (tertiary/aromatic N) is 1. The fourth-order valence-electron chi connectivity index (χ4n) is 3.59. The highest BCUT2D eigenvalue weighted by Crippen LogP contribution is 2.29. The molecule has 4 rings (SSSR count). The molecule has 0 spiro atoms. The van der Waals surface area contributed by atoms with Gasteiger partial charge in [-0.1, -0.05) is 48.5 Å². The highest BCUT2D eigenvalue weighted by atomic mass is 16.3. The Morgan fingerprint density at radius 1 is 1.00 bits per heavy atom. The lowest BCUT2D eigenvalue weighted by Gasteiger charge is -2.32. The summed E-state index contributed by atoms with van der Waals surface area (Å²) in [6.45, 7) is 0.636. The van der Waals surface area contributed by atoms with E-state index in [1.165, 1.54) is 6.08 Å². The number of fused-ring (bicyclic) bond motifs is 1. The molecular formula is C24H22N2O3. The number of hydrogen-bond donors (Lipinski definition) is 1. The summed E-state index contributed by atoms with van der Waals surface area (Å²) in [5.74, 6) is 0.0877. The number of amides is 2. The summed E-state index contributed by atoms with van der Waals surface area (Å²) in [5.41, 5.74) is 2.83. The molecule has 3 aromatic rings. The Hall–Kier alpha value is -3.60. The van der Waals surface area contributed by atoms with E-state index in [4.69, 9.17) is 4.42 Å². The van der Waals surface area contributed by atoms with Gasteiger partial charge in [-0.3, -0.25) is 9.59 Å². The normalized spacial score (nSPS) is 14.4. The van der Waals surface area contributed by atoms with Crippen LogP contribution in [0.5, 0.6) is 0 Å². The molecule has 0 bridgehead atoms. The minimum Gasteiger partial charge on any atom is -0.465 e. The van der Waals surface area contributed by atoms with Crippen molar-refractivity contribution in [3.8, 4) is 0 Å². The van der Waals surface area contributed by atoms with E-state index in [2.05, 4.69) is 11.4 Å². The topological polar surface area (TPSA) is 62.6 Å². The van der Waals surface area contributed by atoms with Gasteiger partial charge >= 0.3 is 0 Å². The first-order chi connectivity index (χ1) is 14.2. The quantitative estimate of drug-likeness (QED) is 0.671. The summed E-state index contributed by atoms with van der Waals surface area (Å²) in [4.78, 5) is 27.8. The van der Waals surface area contributed by atoms with Gasteiger partial charge in [-0.2, -0.15) is 0 Å². The molecule has 2 amide bonds. The molecule has 2 aromatic carbocycles. The summed E-state index contributed by atoms with van der Waals surface area (Å²) in [6.07, 6.45) is 6.36. The maximum atomic E-state index is 13.5. The van der Waals surface area contributed by atoms with Crippen molar-refractivity contribution in [1.82, 2.24) is 5.32 Å². The molecule has 5 heteroatoms. The van der Waals surface area contributed by atoms with Gasteiger partial charge < -0.3 is 14.6 Å². The highest BCUT2D eigenvalue weighted by molar-refractivity contribution is 6.02. The fraction of sp³-hybridized carbons (Fsp3) is 0.167. The molecule has 146 valence electrons. The second kappa shape index (κ2) is 8.61. The van der Waals surface area contributed by atoms with Crippen LogP contribution in [0.2, 0.25) is 0 Å². The zero-order valence-corrected chi connectivity index (χ0v) is 16.0. The molecule has 0 radical (unpaired) electrons. The third-order valence-electron chi connectivity index (χ3n) is 4.98. The lowest BCUT2D eigenvalue weighted by Crippen LogP contribution is -2.44. The van der Waals surface area contributed by atoms with Gasteiger partial charge in [0.25, 0.3) is 5.91 Å². The van der Waals surface area contributed by atoms with Crippen molar-refractivity contribution in [1.29, 1.82) is 0 Å². The number of hydrogen-bond acceptors (Lipinski definition) is 3. The monoisotopic (exact) mass is 386 g/mol. The first-order valence-electron chi connectivity index (χ1n) is 9.69. The van der Waals surface area contributed by atoms with Gasteiger partial charge in [-0.05, 0) is 48.2 Å². The zero-order valence-electron chi connectivity index (χ0n) is 16.0.